The van der Waals surface area contributed by atoms with Gasteiger partial charge < -0.3 is 9.84 Å². The topological polar surface area (TPSA) is 29.5 Å². The highest BCUT2D eigenvalue weighted by molar-refractivity contribution is 7.10. The molecule has 1 heterocycles. The Morgan fingerprint density at radius 3 is 2.82 bits per heavy atom. The van der Waals surface area contributed by atoms with Crippen LogP contribution in [0.2, 0.25) is 0 Å². The van der Waals surface area contributed by atoms with Gasteiger partial charge in [0.1, 0.15) is 0 Å². The highest BCUT2D eigenvalue weighted by Gasteiger charge is 2.07. The van der Waals surface area contributed by atoms with Gasteiger partial charge in [0.15, 0.2) is 0 Å². The molecule has 94 valence electrons. The number of thiophene rings is 1. The second-order valence-electron chi connectivity index (χ2n) is 4.34. The van der Waals surface area contributed by atoms with Crippen molar-refractivity contribution in [1.29, 1.82) is 0 Å². The van der Waals surface area contributed by atoms with Crippen LogP contribution in [0, 0.1) is 17.8 Å². The molecule has 0 saturated heterocycles. The maximum Gasteiger partial charge on any atom is 0.0813 e. The molecule has 1 unspecified atom stereocenters. The van der Waals surface area contributed by atoms with Gasteiger partial charge >= 0.3 is 0 Å². The SMILES string of the molecule is CC(C)C(C)OCc1cc(C#CCCO)cs1. The zero-order chi connectivity index (χ0) is 12.7. The molecule has 0 fully saturated rings. The standard InChI is InChI=1S/C14H20O2S/c1-11(2)12(3)16-9-14-8-13(10-17-14)6-4-5-7-15/h8,10-12,15H,5,7,9H2,1-3H3. The van der Waals surface area contributed by atoms with Crippen molar-refractivity contribution in [2.45, 2.75) is 39.9 Å². The van der Waals surface area contributed by atoms with Crippen LogP contribution in [0.15, 0.2) is 11.4 Å². The first-order chi connectivity index (χ1) is 8.13. The van der Waals surface area contributed by atoms with E-state index in [0.29, 0.717) is 18.9 Å². The zero-order valence-corrected chi connectivity index (χ0v) is 11.5. The second-order valence-corrected chi connectivity index (χ2v) is 5.33. The van der Waals surface area contributed by atoms with Crippen LogP contribution in [0.25, 0.3) is 0 Å². The quantitative estimate of drug-likeness (QED) is 0.816. The monoisotopic (exact) mass is 252 g/mol. The molecule has 0 bridgehead atoms. The van der Waals surface area contributed by atoms with Crippen molar-refractivity contribution in [2.24, 2.45) is 5.92 Å². The van der Waals surface area contributed by atoms with E-state index in [-0.39, 0.29) is 12.7 Å². The first kappa shape index (κ1) is 14.2. The van der Waals surface area contributed by atoms with E-state index in [1.165, 1.54) is 4.88 Å². The van der Waals surface area contributed by atoms with Crippen molar-refractivity contribution in [3.05, 3.63) is 21.9 Å². The molecule has 0 saturated carbocycles. The normalized spacial score (nSPS) is 12.3. The Kier molecular flexibility index (Phi) is 6.28. The van der Waals surface area contributed by atoms with Crippen molar-refractivity contribution >= 4 is 11.3 Å². The fourth-order valence-corrected chi connectivity index (χ4v) is 1.88. The Bertz CT molecular complexity index is 384. The molecule has 0 spiro atoms. The molecule has 0 radical (unpaired) electrons. The zero-order valence-electron chi connectivity index (χ0n) is 10.7. The molecule has 0 aliphatic carbocycles. The van der Waals surface area contributed by atoms with Crippen LogP contribution in [-0.2, 0) is 11.3 Å². The van der Waals surface area contributed by atoms with Gasteiger partial charge in [-0.25, -0.2) is 0 Å². The van der Waals surface area contributed by atoms with Crippen LogP contribution >= 0.6 is 11.3 Å². The molecule has 1 N–H and O–H groups in total. The first-order valence-corrected chi connectivity index (χ1v) is 6.80. The average molecular weight is 252 g/mol. The van der Waals surface area contributed by atoms with Crippen molar-refractivity contribution < 1.29 is 9.84 Å². The number of aliphatic hydroxyl groups excluding tert-OH is 1. The van der Waals surface area contributed by atoms with Gasteiger partial charge in [-0.3, -0.25) is 0 Å². The van der Waals surface area contributed by atoms with Crippen molar-refractivity contribution in [2.75, 3.05) is 6.61 Å². The molecule has 0 aliphatic heterocycles. The number of rotatable bonds is 5. The van der Waals surface area contributed by atoms with Crippen molar-refractivity contribution in [1.82, 2.24) is 0 Å². The van der Waals surface area contributed by atoms with E-state index in [2.05, 4.69) is 38.7 Å². The van der Waals surface area contributed by atoms with Crippen molar-refractivity contribution in [3.8, 4) is 11.8 Å². The lowest BCUT2D eigenvalue weighted by Crippen LogP contribution is -2.14. The van der Waals surface area contributed by atoms with Gasteiger partial charge in [-0.15, -0.1) is 11.3 Å². The smallest absolute Gasteiger partial charge is 0.0813 e. The van der Waals surface area contributed by atoms with Crippen LogP contribution in [0.4, 0.5) is 0 Å². The Labute approximate surface area is 108 Å². The summed E-state index contributed by atoms with van der Waals surface area (Å²) in [5, 5.41) is 10.7. The molecular formula is C14H20O2S. The lowest BCUT2D eigenvalue weighted by atomic mass is 10.1. The predicted molar refractivity (Wildman–Crippen MR) is 72.0 cm³/mol. The maximum atomic E-state index is 8.63. The van der Waals surface area contributed by atoms with Gasteiger partial charge in [-0.05, 0) is 18.9 Å². The molecule has 1 atom stereocenters. The summed E-state index contributed by atoms with van der Waals surface area (Å²) < 4.78 is 5.75. The van der Waals surface area contributed by atoms with Crippen LogP contribution < -0.4 is 0 Å². The van der Waals surface area contributed by atoms with E-state index in [9.17, 15) is 0 Å². The maximum absolute atomic E-state index is 8.63. The Morgan fingerprint density at radius 1 is 1.41 bits per heavy atom. The molecule has 1 rings (SSSR count). The molecule has 0 amide bonds. The third kappa shape index (κ3) is 5.36. The average Bonchev–Trinajstić information content (AvgIpc) is 2.74. The summed E-state index contributed by atoms with van der Waals surface area (Å²) in [6.45, 7) is 7.20. The van der Waals surface area contributed by atoms with Crippen LogP contribution in [0.1, 0.15) is 37.6 Å². The van der Waals surface area contributed by atoms with Gasteiger partial charge in [-0.1, -0.05) is 25.7 Å². The fourth-order valence-electron chi connectivity index (χ4n) is 1.15. The summed E-state index contributed by atoms with van der Waals surface area (Å²) in [5.41, 5.74) is 1.01. The minimum Gasteiger partial charge on any atom is -0.395 e. The van der Waals surface area contributed by atoms with Crippen molar-refractivity contribution in [3.63, 3.8) is 0 Å². The summed E-state index contributed by atoms with van der Waals surface area (Å²) in [7, 11) is 0. The number of ether oxygens (including phenoxy) is 1. The summed E-state index contributed by atoms with van der Waals surface area (Å²) in [5.74, 6) is 6.48. The van der Waals surface area contributed by atoms with Gasteiger partial charge in [0.25, 0.3) is 0 Å². The summed E-state index contributed by atoms with van der Waals surface area (Å²) in [6.07, 6.45) is 0.813. The van der Waals surface area contributed by atoms with Crippen LogP contribution in [0.5, 0.6) is 0 Å². The minimum atomic E-state index is 0.124. The number of hydrogen-bond acceptors (Lipinski definition) is 3. The van der Waals surface area contributed by atoms with E-state index >= 15 is 0 Å². The number of aliphatic hydroxyl groups is 1. The largest absolute Gasteiger partial charge is 0.395 e. The lowest BCUT2D eigenvalue weighted by Gasteiger charge is -2.15. The first-order valence-electron chi connectivity index (χ1n) is 5.92. The summed E-state index contributed by atoms with van der Waals surface area (Å²) >= 11 is 1.67. The van der Waals surface area contributed by atoms with Crippen LogP contribution in [-0.4, -0.2) is 17.8 Å². The van der Waals surface area contributed by atoms with Gasteiger partial charge in [0, 0.05) is 22.2 Å². The van der Waals surface area contributed by atoms with E-state index in [1.807, 2.05) is 5.38 Å². The predicted octanol–water partition coefficient (Wildman–Crippen LogP) is 3.04. The van der Waals surface area contributed by atoms with E-state index in [4.69, 9.17) is 9.84 Å². The van der Waals surface area contributed by atoms with E-state index in [0.717, 1.165) is 5.56 Å². The third-order valence-electron chi connectivity index (χ3n) is 2.55. The van der Waals surface area contributed by atoms with Gasteiger partial charge in [0.2, 0.25) is 0 Å². The van der Waals surface area contributed by atoms with Crippen LogP contribution in [0.3, 0.4) is 0 Å². The van der Waals surface area contributed by atoms with E-state index in [1.54, 1.807) is 11.3 Å². The highest BCUT2D eigenvalue weighted by atomic mass is 32.1. The van der Waals surface area contributed by atoms with E-state index < -0.39 is 0 Å². The molecule has 1 aromatic heterocycles. The summed E-state index contributed by atoms with van der Waals surface area (Å²) in [4.78, 5) is 1.20. The molecule has 0 aliphatic rings. The Hall–Kier alpha value is -0.820. The summed E-state index contributed by atoms with van der Waals surface area (Å²) in [6, 6.07) is 2.06. The molecule has 2 nitrogen and oxygen atoms in total. The Balaban J connectivity index is 2.44. The van der Waals surface area contributed by atoms with Gasteiger partial charge in [0.05, 0.1) is 19.3 Å². The molecule has 1 aromatic rings. The second kappa shape index (κ2) is 7.50. The third-order valence-corrected chi connectivity index (χ3v) is 3.46. The highest BCUT2D eigenvalue weighted by Crippen LogP contribution is 2.17. The molecule has 0 aromatic carbocycles. The molecular weight excluding hydrogens is 232 g/mol. The number of hydrogen-bond donors (Lipinski definition) is 1. The molecule has 17 heavy (non-hydrogen) atoms. The fraction of sp³-hybridized carbons (Fsp3) is 0.571. The molecule has 3 heteroatoms. The van der Waals surface area contributed by atoms with Gasteiger partial charge in [-0.2, -0.15) is 0 Å². The lowest BCUT2D eigenvalue weighted by molar-refractivity contribution is 0.0249. The Morgan fingerprint density at radius 2 is 2.18 bits per heavy atom. The minimum absolute atomic E-state index is 0.124.